The van der Waals surface area contributed by atoms with Crippen LogP contribution in [0.25, 0.3) is 28.3 Å². The summed E-state index contributed by atoms with van der Waals surface area (Å²) in [6.45, 7) is 2.53. The summed E-state index contributed by atoms with van der Waals surface area (Å²) in [5, 5.41) is 3.17. The Balaban J connectivity index is 1.71. The number of benzene rings is 1. The van der Waals surface area contributed by atoms with Crippen LogP contribution in [-0.2, 0) is 0 Å². The topological polar surface area (TPSA) is 64.3 Å². The molecule has 0 bridgehead atoms. The first-order valence-corrected chi connectivity index (χ1v) is 8.49. The third-order valence-electron chi connectivity index (χ3n) is 4.16. The predicted octanol–water partition coefficient (Wildman–Crippen LogP) is 3.90. The summed E-state index contributed by atoms with van der Waals surface area (Å²) in [6.07, 6.45) is 7.26. The first-order chi connectivity index (χ1) is 12.8. The van der Waals surface area contributed by atoms with Crippen LogP contribution in [0.5, 0.6) is 5.75 Å². The lowest BCUT2D eigenvalue weighted by Gasteiger charge is -2.06. The summed E-state index contributed by atoms with van der Waals surface area (Å²) >= 11 is 0. The summed E-state index contributed by atoms with van der Waals surface area (Å²) in [6, 6.07) is 12.2. The van der Waals surface area contributed by atoms with Crippen LogP contribution < -0.4 is 10.1 Å². The number of nitrogens with zero attached hydrogens (tertiary/aromatic N) is 4. The van der Waals surface area contributed by atoms with E-state index in [0.717, 1.165) is 28.2 Å². The van der Waals surface area contributed by atoms with Gasteiger partial charge in [-0.1, -0.05) is 12.1 Å². The third-order valence-corrected chi connectivity index (χ3v) is 4.16. The highest BCUT2D eigenvalue weighted by Crippen LogP contribution is 2.25. The van der Waals surface area contributed by atoms with Crippen molar-refractivity contribution >= 4 is 11.3 Å². The minimum absolute atomic E-state index is 0.597. The highest BCUT2D eigenvalue weighted by atomic mass is 16.5. The molecule has 26 heavy (non-hydrogen) atoms. The maximum Gasteiger partial charge on any atom is 0.159 e. The van der Waals surface area contributed by atoms with E-state index in [9.17, 15) is 0 Å². The standard InChI is InChI=1S/C20H19N5O/c1-3-26-17-11-23-20(24-12-17)15-7-8-25-18(13-22-19(25)10-15)14-5-4-6-16(9-14)21-2/h4-13,21H,3H2,1-2H3. The van der Waals surface area contributed by atoms with E-state index in [1.54, 1.807) is 12.4 Å². The quantitative estimate of drug-likeness (QED) is 0.594. The highest BCUT2D eigenvalue weighted by Gasteiger charge is 2.09. The number of ether oxygens (including phenoxy) is 1. The van der Waals surface area contributed by atoms with Crippen LogP contribution in [0, 0.1) is 0 Å². The van der Waals surface area contributed by atoms with E-state index in [1.807, 2.05) is 50.6 Å². The number of hydrogen-bond donors (Lipinski definition) is 1. The Kier molecular flexibility index (Phi) is 4.23. The number of rotatable bonds is 5. The van der Waals surface area contributed by atoms with Crippen molar-refractivity contribution in [2.75, 3.05) is 19.0 Å². The molecule has 0 saturated heterocycles. The SMILES string of the molecule is CCOc1cnc(-c2ccn3c(-c4cccc(NC)c4)cnc3c2)nc1. The van der Waals surface area contributed by atoms with Crippen LogP contribution in [0.4, 0.5) is 5.69 Å². The van der Waals surface area contributed by atoms with Gasteiger partial charge in [0.25, 0.3) is 0 Å². The van der Waals surface area contributed by atoms with Gasteiger partial charge in [-0.3, -0.25) is 4.40 Å². The van der Waals surface area contributed by atoms with Crippen molar-refractivity contribution in [3.8, 4) is 28.4 Å². The number of aromatic nitrogens is 4. The van der Waals surface area contributed by atoms with Gasteiger partial charge in [-0.15, -0.1) is 0 Å². The smallest absolute Gasteiger partial charge is 0.159 e. The molecule has 0 aliphatic rings. The van der Waals surface area contributed by atoms with Gasteiger partial charge in [0.2, 0.25) is 0 Å². The van der Waals surface area contributed by atoms with Gasteiger partial charge in [-0.25, -0.2) is 15.0 Å². The van der Waals surface area contributed by atoms with Crippen LogP contribution in [0.2, 0.25) is 0 Å². The van der Waals surface area contributed by atoms with Crippen LogP contribution >= 0.6 is 0 Å². The van der Waals surface area contributed by atoms with E-state index in [4.69, 9.17) is 4.74 Å². The molecule has 130 valence electrons. The largest absolute Gasteiger partial charge is 0.491 e. The second kappa shape index (κ2) is 6.84. The normalized spacial score (nSPS) is 10.8. The molecule has 1 N–H and O–H groups in total. The van der Waals surface area contributed by atoms with Crippen LogP contribution in [0.3, 0.4) is 0 Å². The lowest BCUT2D eigenvalue weighted by atomic mass is 10.1. The molecule has 3 aromatic heterocycles. The molecule has 0 fully saturated rings. The highest BCUT2D eigenvalue weighted by molar-refractivity contribution is 5.70. The Bertz CT molecular complexity index is 1040. The maximum absolute atomic E-state index is 5.39. The fourth-order valence-corrected chi connectivity index (χ4v) is 2.87. The molecular formula is C20H19N5O. The van der Waals surface area contributed by atoms with Gasteiger partial charge >= 0.3 is 0 Å². The summed E-state index contributed by atoms with van der Waals surface area (Å²) in [5.41, 5.74) is 4.98. The zero-order valence-corrected chi connectivity index (χ0v) is 14.7. The van der Waals surface area contributed by atoms with Crippen LogP contribution in [0.1, 0.15) is 6.92 Å². The Hall–Kier alpha value is -3.41. The molecule has 4 rings (SSSR count). The first kappa shape index (κ1) is 16.1. The molecule has 4 aromatic rings. The second-order valence-electron chi connectivity index (χ2n) is 5.79. The molecular weight excluding hydrogens is 326 g/mol. The minimum atomic E-state index is 0.597. The summed E-state index contributed by atoms with van der Waals surface area (Å²) in [7, 11) is 1.91. The lowest BCUT2D eigenvalue weighted by Crippen LogP contribution is -1.96. The fourth-order valence-electron chi connectivity index (χ4n) is 2.87. The van der Waals surface area contributed by atoms with Crippen molar-refractivity contribution < 1.29 is 4.74 Å². The van der Waals surface area contributed by atoms with E-state index in [0.29, 0.717) is 18.2 Å². The Labute approximate surface area is 151 Å². The Morgan fingerprint density at radius 2 is 1.85 bits per heavy atom. The van der Waals surface area contributed by atoms with Gasteiger partial charge in [-0.2, -0.15) is 0 Å². The Morgan fingerprint density at radius 1 is 1.00 bits per heavy atom. The third kappa shape index (κ3) is 2.97. The lowest BCUT2D eigenvalue weighted by molar-refractivity contribution is 0.337. The zero-order chi connectivity index (χ0) is 17.9. The number of anilines is 1. The maximum atomic E-state index is 5.39. The van der Waals surface area contributed by atoms with Crippen molar-refractivity contribution in [3.63, 3.8) is 0 Å². The Morgan fingerprint density at radius 3 is 2.62 bits per heavy atom. The average Bonchev–Trinajstić information content (AvgIpc) is 3.12. The average molecular weight is 345 g/mol. The number of fused-ring (bicyclic) bond motifs is 1. The minimum Gasteiger partial charge on any atom is -0.491 e. The van der Waals surface area contributed by atoms with Crippen molar-refractivity contribution in [2.24, 2.45) is 0 Å². The fraction of sp³-hybridized carbons (Fsp3) is 0.150. The molecule has 0 saturated carbocycles. The molecule has 0 atom stereocenters. The van der Waals surface area contributed by atoms with Gasteiger partial charge in [0, 0.05) is 30.1 Å². The molecule has 0 amide bonds. The molecule has 0 unspecified atom stereocenters. The van der Waals surface area contributed by atoms with Gasteiger partial charge in [-0.05, 0) is 31.2 Å². The predicted molar refractivity (Wildman–Crippen MR) is 102 cm³/mol. The van der Waals surface area contributed by atoms with Crippen molar-refractivity contribution in [2.45, 2.75) is 6.92 Å². The van der Waals surface area contributed by atoms with E-state index in [2.05, 4.69) is 36.8 Å². The van der Waals surface area contributed by atoms with Gasteiger partial charge in [0.1, 0.15) is 5.65 Å². The van der Waals surface area contributed by atoms with Gasteiger partial charge in [0.15, 0.2) is 11.6 Å². The molecule has 6 heteroatoms. The number of nitrogens with one attached hydrogen (secondary N) is 1. The van der Waals surface area contributed by atoms with Crippen molar-refractivity contribution in [3.05, 3.63) is 61.2 Å². The molecule has 0 radical (unpaired) electrons. The molecule has 3 heterocycles. The van der Waals surface area contributed by atoms with Gasteiger partial charge < -0.3 is 10.1 Å². The van der Waals surface area contributed by atoms with E-state index in [1.165, 1.54) is 0 Å². The first-order valence-electron chi connectivity index (χ1n) is 8.49. The van der Waals surface area contributed by atoms with Crippen LogP contribution in [-0.4, -0.2) is 33.0 Å². The van der Waals surface area contributed by atoms with Crippen LogP contribution in [0.15, 0.2) is 61.2 Å². The summed E-state index contributed by atoms with van der Waals surface area (Å²) in [4.78, 5) is 13.3. The van der Waals surface area contributed by atoms with E-state index >= 15 is 0 Å². The molecule has 0 aliphatic carbocycles. The van der Waals surface area contributed by atoms with Crippen molar-refractivity contribution in [1.82, 2.24) is 19.4 Å². The zero-order valence-electron chi connectivity index (χ0n) is 14.7. The van der Waals surface area contributed by atoms with Gasteiger partial charge in [0.05, 0.1) is 30.9 Å². The molecule has 6 nitrogen and oxygen atoms in total. The number of imidazole rings is 1. The molecule has 1 aromatic carbocycles. The summed E-state index contributed by atoms with van der Waals surface area (Å²) < 4.78 is 7.45. The second-order valence-corrected chi connectivity index (χ2v) is 5.79. The van der Waals surface area contributed by atoms with E-state index in [-0.39, 0.29) is 0 Å². The van der Waals surface area contributed by atoms with Crippen molar-refractivity contribution in [1.29, 1.82) is 0 Å². The number of pyridine rings is 1. The molecule has 0 aliphatic heterocycles. The number of hydrogen-bond acceptors (Lipinski definition) is 5. The monoisotopic (exact) mass is 345 g/mol. The summed E-state index contributed by atoms with van der Waals surface area (Å²) in [5.74, 6) is 1.32. The van der Waals surface area contributed by atoms with E-state index < -0.39 is 0 Å². The molecule has 0 spiro atoms.